The number of nitriles is 1. The van der Waals surface area contributed by atoms with E-state index in [4.69, 9.17) is 10.00 Å². The summed E-state index contributed by atoms with van der Waals surface area (Å²) < 4.78 is 17.7. The van der Waals surface area contributed by atoms with Crippen molar-refractivity contribution >= 4 is 10.8 Å². The lowest BCUT2D eigenvalue weighted by atomic mass is 10.1. The lowest BCUT2D eigenvalue weighted by Gasteiger charge is -2.09. The van der Waals surface area contributed by atoms with Crippen LogP contribution in [0.4, 0.5) is 0 Å². The molecule has 3 nitrogen and oxygen atoms in total. The first-order valence-electron chi connectivity index (χ1n) is 6.58. The molecule has 108 valence electrons. The van der Waals surface area contributed by atoms with Crippen molar-refractivity contribution in [2.24, 2.45) is 0 Å². The minimum Gasteiger partial charge on any atom is -0.495 e. The van der Waals surface area contributed by atoms with Crippen LogP contribution >= 0.6 is 0 Å². The maximum atomic E-state index is 12.5. The van der Waals surface area contributed by atoms with Crippen LogP contribution in [0.15, 0.2) is 41.3 Å². The Morgan fingerprint density at radius 3 is 2.57 bits per heavy atom. The third-order valence-electron chi connectivity index (χ3n) is 3.26. The number of hydrogen-bond donors (Lipinski definition) is 0. The summed E-state index contributed by atoms with van der Waals surface area (Å²) in [7, 11) is 0.417. The Bertz CT molecular complexity index is 732. The van der Waals surface area contributed by atoms with E-state index in [0.717, 1.165) is 21.6 Å². The fourth-order valence-electron chi connectivity index (χ4n) is 2.20. The number of benzene rings is 2. The van der Waals surface area contributed by atoms with Crippen molar-refractivity contribution in [3.8, 4) is 11.8 Å². The molecule has 1 atom stereocenters. The predicted molar refractivity (Wildman–Crippen MR) is 83.7 cm³/mol. The first-order valence-corrected chi connectivity index (χ1v) is 7.89. The lowest BCUT2D eigenvalue weighted by Crippen LogP contribution is -2.00. The number of rotatable bonds is 4. The van der Waals surface area contributed by atoms with E-state index in [1.165, 1.54) is 7.11 Å². The summed E-state index contributed by atoms with van der Waals surface area (Å²) >= 11 is 0. The van der Waals surface area contributed by atoms with Gasteiger partial charge in [-0.1, -0.05) is 23.8 Å². The molecule has 0 heterocycles. The molecule has 2 aromatic carbocycles. The van der Waals surface area contributed by atoms with Gasteiger partial charge in [0.15, 0.2) is 0 Å². The van der Waals surface area contributed by atoms with Crippen molar-refractivity contribution in [1.82, 2.24) is 0 Å². The largest absolute Gasteiger partial charge is 0.495 e. The highest BCUT2D eigenvalue weighted by Crippen LogP contribution is 2.23. The number of nitrogens with zero attached hydrogens (tertiary/aromatic N) is 1. The van der Waals surface area contributed by atoms with Gasteiger partial charge in [-0.25, -0.2) is 0 Å². The topological polar surface area (TPSA) is 50.1 Å². The minimum absolute atomic E-state index is 0.409. The zero-order valence-corrected chi connectivity index (χ0v) is 13.2. The van der Waals surface area contributed by atoms with Crippen molar-refractivity contribution in [2.75, 3.05) is 7.11 Å². The summed E-state index contributed by atoms with van der Waals surface area (Å²) in [6.07, 6.45) is 0. The van der Waals surface area contributed by atoms with Crippen molar-refractivity contribution in [1.29, 1.82) is 5.26 Å². The molecule has 0 aliphatic carbocycles. The molecule has 0 aromatic heterocycles. The predicted octanol–water partition coefficient (Wildman–Crippen LogP) is 3.49. The lowest BCUT2D eigenvalue weighted by molar-refractivity contribution is 0.413. The number of methoxy groups -OCH3 is 1. The second kappa shape index (κ2) is 6.55. The molecular formula is C17H17NO2S. The average Bonchev–Trinajstić information content (AvgIpc) is 2.46. The summed E-state index contributed by atoms with van der Waals surface area (Å²) in [6.45, 7) is 3.99. The molecular weight excluding hydrogens is 282 g/mol. The van der Waals surface area contributed by atoms with E-state index in [9.17, 15) is 4.21 Å². The zero-order chi connectivity index (χ0) is 15.4. The highest BCUT2D eigenvalue weighted by Gasteiger charge is 2.10. The quantitative estimate of drug-likeness (QED) is 0.868. The standard InChI is InChI=1S/C17H17NO2S/c1-12-4-7-17(13(2)8-12)21(19)11-14-5-6-15(10-18)16(9-14)20-3/h4-9H,11H2,1-3H3. The maximum absolute atomic E-state index is 12.5. The molecule has 0 aliphatic rings. The van der Waals surface area contributed by atoms with E-state index < -0.39 is 10.8 Å². The molecule has 0 spiro atoms. The third-order valence-corrected chi connectivity index (χ3v) is 4.80. The molecule has 0 saturated heterocycles. The Morgan fingerprint density at radius 1 is 1.19 bits per heavy atom. The second-order valence-electron chi connectivity index (χ2n) is 4.91. The van der Waals surface area contributed by atoms with Gasteiger partial charge >= 0.3 is 0 Å². The molecule has 0 aliphatic heterocycles. The smallest absolute Gasteiger partial charge is 0.136 e. The average molecular weight is 299 g/mol. The van der Waals surface area contributed by atoms with Gasteiger partial charge < -0.3 is 4.74 Å². The minimum atomic E-state index is -1.11. The van der Waals surface area contributed by atoms with E-state index in [-0.39, 0.29) is 0 Å². The van der Waals surface area contributed by atoms with Crippen LogP contribution in [-0.2, 0) is 16.6 Å². The summed E-state index contributed by atoms with van der Waals surface area (Å²) in [6, 6.07) is 13.3. The number of aryl methyl sites for hydroxylation is 2. The Kier molecular flexibility index (Phi) is 4.77. The Hall–Kier alpha value is -2.12. The van der Waals surface area contributed by atoms with Gasteiger partial charge in [0.1, 0.15) is 11.8 Å². The first kappa shape index (κ1) is 15.3. The molecule has 0 N–H and O–H groups in total. The number of ether oxygens (including phenoxy) is 1. The van der Waals surface area contributed by atoms with E-state index in [2.05, 4.69) is 6.07 Å². The third kappa shape index (κ3) is 3.50. The summed E-state index contributed by atoms with van der Waals surface area (Å²) in [5.41, 5.74) is 3.57. The summed E-state index contributed by atoms with van der Waals surface area (Å²) in [5, 5.41) is 8.97. The van der Waals surface area contributed by atoms with Crippen molar-refractivity contribution in [3.05, 3.63) is 58.7 Å². The van der Waals surface area contributed by atoms with Gasteiger partial charge in [-0.05, 0) is 43.2 Å². The van der Waals surface area contributed by atoms with Gasteiger partial charge in [0, 0.05) is 4.90 Å². The van der Waals surface area contributed by atoms with E-state index in [1.807, 2.05) is 38.1 Å². The number of hydrogen-bond acceptors (Lipinski definition) is 3. The molecule has 4 heteroatoms. The highest BCUT2D eigenvalue weighted by molar-refractivity contribution is 7.84. The highest BCUT2D eigenvalue weighted by atomic mass is 32.2. The molecule has 0 saturated carbocycles. The fraction of sp³-hybridized carbons (Fsp3) is 0.235. The summed E-state index contributed by atoms with van der Waals surface area (Å²) in [4.78, 5) is 0.851. The van der Waals surface area contributed by atoms with Crippen LogP contribution in [-0.4, -0.2) is 11.3 Å². The summed E-state index contributed by atoms with van der Waals surface area (Å²) in [5.74, 6) is 0.930. The zero-order valence-electron chi connectivity index (χ0n) is 12.3. The molecule has 2 rings (SSSR count). The van der Waals surface area contributed by atoms with Crippen LogP contribution < -0.4 is 4.74 Å². The molecule has 2 aromatic rings. The monoisotopic (exact) mass is 299 g/mol. The van der Waals surface area contributed by atoms with E-state index >= 15 is 0 Å². The normalized spacial score (nSPS) is 11.7. The second-order valence-corrected chi connectivity index (χ2v) is 6.32. The molecule has 0 radical (unpaired) electrons. The van der Waals surface area contributed by atoms with E-state index in [1.54, 1.807) is 12.1 Å². The van der Waals surface area contributed by atoms with Gasteiger partial charge in [0.05, 0.1) is 29.2 Å². The van der Waals surface area contributed by atoms with Crippen molar-refractivity contribution < 1.29 is 8.95 Å². The van der Waals surface area contributed by atoms with Crippen molar-refractivity contribution in [3.63, 3.8) is 0 Å². The SMILES string of the molecule is COc1cc(CS(=O)c2ccc(C)cc2C)ccc1C#N. The van der Waals surface area contributed by atoms with Crippen LogP contribution in [0.3, 0.4) is 0 Å². The van der Waals surface area contributed by atoms with Crippen LogP contribution in [0.1, 0.15) is 22.3 Å². The Morgan fingerprint density at radius 2 is 1.95 bits per heavy atom. The van der Waals surface area contributed by atoms with Gasteiger partial charge in [-0.15, -0.1) is 0 Å². The van der Waals surface area contributed by atoms with Gasteiger partial charge in [0.25, 0.3) is 0 Å². The van der Waals surface area contributed by atoms with Crippen molar-refractivity contribution in [2.45, 2.75) is 24.5 Å². The molecule has 0 amide bonds. The van der Waals surface area contributed by atoms with Gasteiger partial charge in [-0.3, -0.25) is 4.21 Å². The fourth-order valence-corrected chi connectivity index (χ4v) is 3.48. The Labute approximate surface area is 127 Å². The van der Waals surface area contributed by atoms with Crippen LogP contribution in [0, 0.1) is 25.2 Å². The van der Waals surface area contributed by atoms with Crippen LogP contribution in [0.25, 0.3) is 0 Å². The maximum Gasteiger partial charge on any atom is 0.136 e. The molecule has 0 fully saturated rings. The van der Waals surface area contributed by atoms with Gasteiger partial charge in [-0.2, -0.15) is 5.26 Å². The molecule has 0 bridgehead atoms. The van der Waals surface area contributed by atoms with Gasteiger partial charge in [0.2, 0.25) is 0 Å². The molecule has 21 heavy (non-hydrogen) atoms. The Balaban J connectivity index is 2.26. The van der Waals surface area contributed by atoms with Crippen LogP contribution in [0.2, 0.25) is 0 Å². The molecule has 1 unspecified atom stereocenters. The van der Waals surface area contributed by atoms with Crippen LogP contribution in [0.5, 0.6) is 5.75 Å². The van der Waals surface area contributed by atoms with E-state index in [0.29, 0.717) is 17.1 Å². The first-order chi connectivity index (χ1) is 10.0.